The number of pyridine rings is 1. The van der Waals surface area contributed by atoms with Gasteiger partial charge in [0.25, 0.3) is 0 Å². The van der Waals surface area contributed by atoms with Crippen molar-refractivity contribution in [2.24, 2.45) is 0 Å². The number of nitrogen functional groups attached to an aromatic ring is 1. The zero-order chi connectivity index (χ0) is 28.0. The normalized spacial score (nSPS) is 12.5. The smallest absolute Gasteiger partial charge is 0.249 e. The second-order valence-electron chi connectivity index (χ2n) is 9.30. The van der Waals surface area contributed by atoms with Gasteiger partial charge < -0.3 is 16.0 Å². The van der Waals surface area contributed by atoms with Crippen LogP contribution >= 0.6 is 0 Å². The van der Waals surface area contributed by atoms with Gasteiger partial charge >= 0.3 is 0 Å². The predicted octanol–water partition coefficient (Wildman–Crippen LogP) is 4.95. The molecule has 39 heavy (non-hydrogen) atoms. The number of hydrogen-bond acceptors (Lipinski definition) is 6. The molecule has 0 bridgehead atoms. The van der Waals surface area contributed by atoms with Gasteiger partial charge in [0.05, 0.1) is 17.1 Å². The minimum Gasteiger partial charge on any atom is -0.397 e. The van der Waals surface area contributed by atoms with Gasteiger partial charge in [-0.2, -0.15) is 0 Å². The molecule has 2 aromatic heterocycles. The summed E-state index contributed by atoms with van der Waals surface area (Å²) in [5, 5.41) is 1.69. The number of benzene rings is 2. The first-order chi connectivity index (χ1) is 18.7. The van der Waals surface area contributed by atoms with Gasteiger partial charge in [0, 0.05) is 36.8 Å². The number of para-hydroxylation sites is 2. The Morgan fingerprint density at radius 3 is 2.49 bits per heavy atom. The molecule has 200 valence electrons. The summed E-state index contributed by atoms with van der Waals surface area (Å²) in [4.78, 5) is 18.9. The molecule has 0 saturated heterocycles. The van der Waals surface area contributed by atoms with Gasteiger partial charge in [-0.1, -0.05) is 48.5 Å². The number of aromatic nitrogens is 2. The molecule has 0 fully saturated rings. The summed E-state index contributed by atoms with van der Waals surface area (Å²) in [6, 6.07) is 20.2. The van der Waals surface area contributed by atoms with Crippen molar-refractivity contribution in [2.45, 2.75) is 11.8 Å². The number of nitrogens with two attached hydrogens (primary N) is 1. The second-order valence-corrected chi connectivity index (χ2v) is 11.3. The van der Waals surface area contributed by atoms with Gasteiger partial charge in [0.1, 0.15) is 5.25 Å². The zero-order valence-electron chi connectivity index (χ0n) is 21.9. The van der Waals surface area contributed by atoms with Crippen LogP contribution in [0.15, 0.2) is 104 Å². The van der Waals surface area contributed by atoms with Crippen LogP contribution in [-0.4, -0.2) is 42.3 Å². The first-order valence-corrected chi connectivity index (χ1v) is 13.8. The molecule has 1 unspecified atom stereocenters. The maximum atomic E-state index is 13.4. The summed E-state index contributed by atoms with van der Waals surface area (Å²) in [5.41, 5.74) is 10.7. The fraction of sp³-hybridized carbons (Fsp3) is 0.133. The quantitative estimate of drug-likeness (QED) is 0.167. The van der Waals surface area contributed by atoms with Crippen LogP contribution < -0.4 is 11.1 Å². The summed E-state index contributed by atoms with van der Waals surface area (Å²) in [6.45, 7) is 4.60. The van der Waals surface area contributed by atoms with E-state index in [-0.39, 0.29) is 5.91 Å². The fourth-order valence-corrected chi connectivity index (χ4v) is 5.55. The first-order valence-electron chi connectivity index (χ1n) is 12.3. The van der Waals surface area contributed by atoms with Gasteiger partial charge in [-0.3, -0.25) is 13.8 Å². The van der Waals surface area contributed by atoms with Crippen molar-refractivity contribution >= 4 is 33.4 Å². The molecule has 2 heterocycles. The maximum absolute atomic E-state index is 13.4. The zero-order valence-corrected chi connectivity index (χ0v) is 22.7. The summed E-state index contributed by atoms with van der Waals surface area (Å²) in [6.07, 6.45) is 8.69. The number of carbonyl (C=O) groups excluding carboxylic acids is 1. The molecule has 4 rings (SSSR count). The van der Waals surface area contributed by atoms with Crippen molar-refractivity contribution in [3.63, 3.8) is 0 Å². The predicted molar refractivity (Wildman–Crippen MR) is 157 cm³/mol. The Balaban J connectivity index is 1.47. The molecule has 0 spiro atoms. The summed E-state index contributed by atoms with van der Waals surface area (Å²) in [7, 11) is 0.172. The van der Waals surface area contributed by atoms with Crippen molar-refractivity contribution in [3.05, 3.63) is 121 Å². The molecule has 0 radical (unpaired) electrons. The highest BCUT2D eigenvalue weighted by molar-refractivity contribution is 7.90. The Morgan fingerprint density at radius 1 is 1.10 bits per heavy atom. The Labute approximate surface area is 229 Å². The van der Waals surface area contributed by atoms with Gasteiger partial charge in [-0.15, -0.1) is 6.58 Å². The van der Waals surface area contributed by atoms with Gasteiger partial charge in [0.2, 0.25) is 15.9 Å². The van der Waals surface area contributed by atoms with E-state index in [1.807, 2.05) is 32.3 Å². The Kier molecular flexibility index (Phi) is 8.43. The lowest BCUT2D eigenvalue weighted by atomic mass is 10.1. The molecule has 0 saturated carbocycles. The van der Waals surface area contributed by atoms with E-state index >= 15 is 0 Å². The molecule has 0 aliphatic carbocycles. The van der Waals surface area contributed by atoms with Crippen LogP contribution in [0, 0.1) is 0 Å². The molecule has 3 N–H and O–H groups in total. The van der Waals surface area contributed by atoms with Crippen molar-refractivity contribution in [1.29, 1.82) is 0 Å². The Morgan fingerprint density at radius 2 is 1.85 bits per heavy atom. The van der Waals surface area contributed by atoms with Crippen LogP contribution in [0.5, 0.6) is 0 Å². The monoisotopic (exact) mass is 541 g/mol. The summed E-state index contributed by atoms with van der Waals surface area (Å²) < 4.78 is 28.0. The first kappa shape index (κ1) is 27.6. The molecular weight excluding hydrogens is 510 g/mol. The van der Waals surface area contributed by atoms with E-state index in [2.05, 4.69) is 33.9 Å². The molecule has 2 aromatic carbocycles. The van der Waals surface area contributed by atoms with Crippen molar-refractivity contribution in [1.82, 2.24) is 13.9 Å². The summed E-state index contributed by atoms with van der Waals surface area (Å²) in [5.74, 6) is -0.383. The van der Waals surface area contributed by atoms with E-state index in [0.717, 1.165) is 21.8 Å². The van der Waals surface area contributed by atoms with E-state index in [1.54, 1.807) is 42.6 Å². The third-order valence-electron chi connectivity index (χ3n) is 6.03. The van der Waals surface area contributed by atoms with E-state index in [1.165, 1.54) is 36.2 Å². The Bertz CT molecular complexity index is 1590. The lowest BCUT2D eigenvalue weighted by Gasteiger charge is -2.15. The molecule has 0 aliphatic heterocycles. The van der Waals surface area contributed by atoms with Crippen LogP contribution in [0.25, 0.3) is 17.3 Å². The minimum absolute atomic E-state index is 0.383. The molecular formula is C30H31N5O3S. The van der Waals surface area contributed by atoms with Crippen molar-refractivity contribution in [2.75, 3.05) is 25.1 Å². The molecule has 1 amide bonds. The average Bonchev–Trinajstić information content (AvgIpc) is 3.40. The molecule has 8 nitrogen and oxygen atoms in total. The molecule has 0 aliphatic rings. The number of nitrogens with zero attached hydrogens (tertiary/aromatic N) is 3. The third-order valence-corrected chi connectivity index (χ3v) is 7.95. The minimum atomic E-state index is -3.87. The van der Waals surface area contributed by atoms with E-state index in [4.69, 9.17) is 5.73 Å². The number of nitrogens with one attached hydrogen (secondary N) is 1. The number of anilines is 2. The number of carbonyl (C=O) groups is 1. The SMILES string of the molecule is C=CC(c1ccc(-c2ccc(CN(C)C)cc2)nc1)S(=O)(=O)n1ccc(/C=C/C(=O)Nc2ccccc2N)c1. The topological polar surface area (TPSA) is 110 Å². The largest absolute Gasteiger partial charge is 0.397 e. The Hall–Kier alpha value is -4.47. The van der Waals surface area contributed by atoms with E-state index < -0.39 is 15.3 Å². The number of amides is 1. The highest BCUT2D eigenvalue weighted by atomic mass is 32.2. The highest BCUT2D eigenvalue weighted by Crippen LogP contribution is 2.28. The second kappa shape index (κ2) is 11.9. The molecule has 4 aromatic rings. The van der Waals surface area contributed by atoms with Crippen LogP contribution in [0.4, 0.5) is 11.4 Å². The van der Waals surface area contributed by atoms with Crippen LogP contribution in [0.2, 0.25) is 0 Å². The molecule has 9 heteroatoms. The third kappa shape index (κ3) is 6.70. The van der Waals surface area contributed by atoms with Gasteiger partial charge in [-0.25, -0.2) is 8.42 Å². The van der Waals surface area contributed by atoms with Crippen LogP contribution in [0.3, 0.4) is 0 Å². The lowest BCUT2D eigenvalue weighted by Crippen LogP contribution is -2.18. The number of rotatable bonds is 10. The van der Waals surface area contributed by atoms with Crippen LogP contribution in [0.1, 0.15) is 21.9 Å². The van der Waals surface area contributed by atoms with Gasteiger partial charge in [0.15, 0.2) is 0 Å². The van der Waals surface area contributed by atoms with Gasteiger partial charge in [-0.05, 0) is 61.1 Å². The molecule has 1 atom stereocenters. The average molecular weight is 542 g/mol. The van der Waals surface area contributed by atoms with Crippen molar-refractivity contribution in [3.8, 4) is 11.3 Å². The van der Waals surface area contributed by atoms with E-state index in [0.29, 0.717) is 22.5 Å². The maximum Gasteiger partial charge on any atom is 0.249 e. The van der Waals surface area contributed by atoms with E-state index in [9.17, 15) is 13.2 Å². The van der Waals surface area contributed by atoms with Crippen molar-refractivity contribution < 1.29 is 13.2 Å². The summed E-state index contributed by atoms with van der Waals surface area (Å²) >= 11 is 0. The lowest BCUT2D eigenvalue weighted by molar-refractivity contribution is -0.111. The standard InChI is InChI=1S/C30H31N5O3S/c1-4-29(25-14-15-27(32-19-25)24-12-9-22(10-13-24)20-34(2)3)39(37,38)35-18-17-23(21-35)11-16-30(36)33-28-8-6-5-7-26(28)31/h4-19,21,29H,1,20,31H2,2-3H3,(H,33,36)/b16-11+. The fourth-order valence-electron chi connectivity index (χ4n) is 4.06. The highest BCUT2D eigenvalue weighted by Gasteiger charge is 2.26. The number of hydrogen-bond donors (Lipinski definition) is 2. The van der Waals surface area contributed by atoms with Crippen LogP contribution in [-0.2, 0) is 21.4 Å².